The zero-order chi connectivity index (χ0) is 13.7. The Bertz CT molecular complexity index is 459. The van der Waals surface area contributed by atoms with Crippen molar-refractivity contribution in [2.24, 2.45) is 0 Å². The molecule has 5 nitrogen and oxygen atoms in total. The summed E-state index contributed by atoms with van der Waals surface area (Å²) in [6.07, 6.45) is 0. The largest absolute Gasteiger partial charge is 0.464 e. The van der Waals surface area contributed by atoms with Crippen molar-refractivity contribution in [3.05, 3.63) is 28.5 Å². The van der Waals surface area contributed by atoms with Gasteiger partial charge in [-0.1, -0.05) is 11.6 Å². The van der Waals surface area contributed by atoms with E-state index in [9.17, 15) is 9.59 Å². The summed E-state index contributed by atoms with van der Waals surface area (Å²) in [5.74, 6) is -0.876. The Labute approximate surface area is 111 Å². The molecule has 0 aliphatic carbocycles. The molecule has 0 saturated heterocycles. The zero-order valence-electron chi connectivity index (χ0n) is 10.6. The number of amides is 1. The first kappa shape index (κ1) is 14.4. The van der Waals surface area contributed by atoms with Crippen molar-refractivity contribution >= 4 is 23.5 Å². The molecule has 0 saturated carbocycles. The number of nitrogens with zero attached hydrogens (tertiary/aromatic N) is 2. The minimum Gasteiger partial charge on any atom is -0.464 e. The van der Waals surface area contributed by atoms with E-state index in [4.69, 9.17) is 11.6 Å². The van der Waals surface area contributed by atoms with Crippen molar-refractivity contribution in [3.63, 3.8) is 0 Å². The molecule has 0 radical (unpaired) electrons. The van der Waals surface area contributed by atoms with Crippen molar-refractivity contribution in [1.82, 2.24) is 9.88 Å². The van der Waals surface area contributed by atoms with Crippen LogP contribution in [0, 0.1) is 0 Å². The van der Waals surface area contributed by atoms with E-state index >= 15 is 0 Å². The highest BCUT2D eigenvalue weighted by atomic mass is 35.5. The van der Waals surface area contributed by atoms with E-state index in [0.717, 1.165) is 0 Å². The molecule has 0 N–H and O–H groups in total. The van der Waals surface area contributed by atoms with Crippen LogP contribution in [-0.2, 0) is 4.74 Å². The highest BCUT2D eigenvalue weighted by Crippen LogP contribution is 2.14. The van der Waals surface area contributed by atoms with Gasteiger partial charge in [0.15, 0.2) is 5.69 Å². The molecule has 0 atom stereocenters. The molecule has 1 heterocycles. The first-order valence-corrected chi connectivity index (χ1v) is 5.96. The van der Waals surface area contributed by atoms with E-state index < -0.39 is 5.97 Å². The third-order valence-corrected chi connectivity index (χ3v) is 2.67. The van der Waals surface area contributed by atoms with Crippen LogP contribution in [0.15, 0.2) is 12.1 Å². The lowest BCUT2D eigenvalue weighted by molar-refractivity contribution is 0.0593. The number of hydrogen-bond donors (Lipinski definition) is 0. The fraction of sp³-hybridized carbons (Fsp3) is 0.417. The number of carbonyl (C=O) groups is 2. The van der Waals surface area contributed by atoms with Crippen LogP contribution in [0.25, 0.3) is 0 Å². The molecule has 0 fully saturated rings. The number of pyridine rings is 1. The summed E-state index contributed by atoms with van der Waals surface area (Å²) < 4.78 is 4.55. The second-order valence-electron chi connectivity index (χ2n) is 3.52. The molecule has 0 aliphatic heterocycles. The van der Waals surface area contributed by atoms with E-state index in [2.05, 4.69) is 9.72 Å². The van der Waals surface area contributed by atoms with Crippen LogP contribution >= 0.6 is 11.6 Å². The number of carbonyl (C=O) groups excluding carboxylic acids is 2. The standard InChI is InChI=1S/C12H15ClN2O3/c1-4-15(5-2)11(16)9-6-8(13)7-10(14-9)12(17)18-3/h6-7H,4-5H2,1-3H3. The van der Waals surface area contributed by atoms with Gasteiger partial charge in [-0.2, -0.15) is 0 Å². The third-order valence-electron chi connectivity index (χ3n) is 2.45. The Balaban J connectivity index is 3.13. The molecule has 6 heteroatoms. The molecule has 0 spiro atoms. The second-order valence-corrected chi connectivity index (χ2v) is 3.96. The maximum atomic E-state index is 12.1. The number of halogens is 1. The molecule has 1 aromatic heterocycles. The molecule has 1 aromatic rings. The summed E-state index contributed by atoms with van der Waals surface area (Å²) >= 11 is 5.87. The van der Waals surface area contributed by atoms with Crippen LogP contribution in [-0.4, -0.2) is 42.0 Å². The predicted molar refractivity (Wildman–Crippen MR) is 67.8 cm³/mol. The Hall–Kier alpha value is -1.62. The lowest BCUT2D eigenvalue weighted by Gasteiger charge is -2.18. The van der Waals surface area contributed by atoms with Crippen LogP contribution in [0.2, 0.25) is 5.02 Å². The smallest absolute Gasteiger partial charge is 0.356 e. The van der Waals surface area contributed by atoms with Gasteiger partial charge in [-0.25, -0.2) is 9.78 Å². The van der Waals surface area contributed by atoms with Crippen molar-refractivity contribution in [2.45, 2.75) is 13.8 Å². The van der Waals surface area contributed by atoms with Crippen molar-refractivity contribution in [1.29, 1.82) is 0 Å². The Morgan fingerprint density at radius 2 is 1.83 bits per heavy atom. The van der Waals surface area contributed by atoms with Crippen molar-refractivity contribution in [3.8, 4) is 0 Å². The van der Waals surface area contributed by atoms with Crippen molar-refractivity contribution < 1.29 is 14.3 Å². The quantitative estimate of drug-likeness (QED) is 0.785. The van der Waals surface area contributed by atoms with Crippen LogP contribution < -0.4 is 0 Å². The van der Waals surface area contributed by atoms with Gasteiger partial charge in [-0.3, -0.25) is 4.79 Å². The minimum absolute atomic E-state index is 0.0282. The number of methoxy groups -OCH3 is 1. The average molecular weight is 271 g/mol. The van der Waals surface area contributed by atoms with E-state index in [0.29, 0.717) is 13.1 Å². The Morgan fingerprint density at radius 1 is 1.28 bits per heavy atom. The molecule has 1 amide bonds. The number of aromatic nitrogens is 1. The molecule has 0 aromatic carbocycles. The summed E-state index contributed by atoms with van der Waals surface area (Å²) in [4.78, 5) is 29.0. The fourth-order valence-electron chi connectivity index (χ4n) is 1.49. The van der Waals surface area contributed by atoms with Gasteiger partial charge in [-0.05, 0) is 26.0 Å². The van der Waals surface area contributed by atoms with Gasteiger partial charge in [0.05, 0.1) is 7.11 Å². The molecule has 0 bridgehead atoms. The Morgan fingerprint density at radius 3 is 2.33 bits per heavy atom. The molecule has 0 unspecified atom stereocenters. The third kappa shape index (κ3) is 3.20. The molecular weight excluding hydrogens is 256 g/mol. The maximum absolute atomic E-state index is 12.1. The lowest BCUT2D eigenvalue weighted by Crippen LogP contribution is -2.31. The number of ether oxygens (including phenoxy) is 1. The number of hydrogen-bond acceptors (Lipinski definition) is 4. The van der Waals surface area contributed by atoms with Gasteiger partial charge >= 0.3 is 5.97 Å². The fourth-order valence-corrected chi connectivity index (χ4v) is 1.70. The summed E-state index contributed by atoms with van der Waals surface area (Å²) in [6.45, 7) is 4.87. The maximum Gasteiger partial charge on any atom is 0.356 e. The van der Waals surface area contributed by atoms with Gasteiger partial charge in [0.1, 0.15) is 5.69 Å². The highest BCUT2D eigenvalue weighted by Gasteiger charge is 2.18. The summed E-state index contributed by atoms with van der Waals surface area (Å²) in [6, 6.07) is 2.81. The van der Waals surface area contributed by atoms with Crippen LogP contribution in [0.1, 0.15) is 34.8 Å². The Kier molecular flexibility index (Phi) is 5.09. The minimum atomic E-state index is -0.619. The summed E-state index contributed by atoms with van der Waals surface area (Å²) in [5.41, 5.74) is 0.173. The molecular formula is C12H15ClN2O3. The highest BCUT2D eigenvalue weighted by molar-refractivity contribution is 6.31. The summed E-state index contributed by atoms with van der Waals surface area (Å²) in [7, 11) is 1.25. The monoisotopic (exact) mass is 270 g/mol. The lowest BCUT2D eigenvalue weighted by atomic mass is 10.2. The SMILES string of the molecule is CCN(CC)C(=O)c1cc(Cl)cc(C(=O)OC)n1. The number of rotatable bonds is 4. The predicted octanol–water partition coefficient (Wildman–Crippen LogP) is 2.00. The molecule has 18 heavy (non-hydrogen) atoms. The van der Waals surface area contributed by atoms with E-state index in [1.807, 2.05) is 13.8 Å². The van der Waals surface area contributed by atoms with Crippen LogP contribution in [0.3, 0.4) is 0 Å². The van der Waals surface area contributed by atoms with Gasteiger partial charge < -0.3 is 9.64 Å². The van der Waals surface area contributed by atoms with Crippen molar-refractivity contribution in [2.75, 3.05) is 20.2 Å². The van der Waals surface area contributed by atoms with E-state index in [1.165, 1.54) is 19.2 Å². The molecule has 1 rings (SSSR count). The van der Waals surface area contributed by atoms with Crippen LogP contribution in [0.5, 0.6) is 0 Å². The molecule has 98 valence electrons. The molecule has 0 aliphatic rings. The topological polar surface area (TPSA) is 59.5 Å². The van der Waals surface area contributed by atoms with Crippen LogP contribution in [0.4, 0.5) is 0 Å². The van der Waals surface area contributed by atoms with E-state index in [-0.39, 0.29) is 22.3 Å². The van der Waals surface area contributed by atoms with Gasteiger partial charge in [0.2, 0.25) is 0 Å². The van der Waals surface area contributed by atoms with Gasteiger partial charge in [-0.15, -0.1) is 0 Å². The first-order chi connectivity index (χ1) is 8.53. The van der Waals surface area contributed by atoms with E-state index in [1.54, 1.807) is 4.90 Å². The average Bonchev–Trinajstić information content (AvgIpc) is 2.38. The van der Waals surface area contributed by atoms with Gasteiger partial charge in [0, 0.05) is 18.1 Å². The second kappa shape index (κ2) is 6.35. The first-order valence-electron chi connectivity index (χ1n) is 5.58. The van der Waals surface area contributed by atoms with Gasteiger partial charge in [0.25, 0.3) is 5.91 Å². The normalized spacial score (nSPS) is 10.0. The number of esters is 1. The zero-order valence-corrected chi connectivity index (χ0v) is 11.3. The summed E-state index contributed by atoms with van der Waals surface area (Å²) in [5, 5.41) is 0.279.